The number of amides is 1. The van der Waals surface area contributed by atoms with Gasteiger partial charge in [0.2, 0.25) is 0 Å². The molecule has 0 bridgehead atoms. The second-order valence-corrected chi connectivity index (χ2v) is 6.97. The number of aryl methyl sites for hydroxylation is 1. The van der Waals surface area contributed by atoms with E-state index in [2.05, 4.69) is 28.9 Å². The van der Waals surface area contributed by atoms with E-state index < -0.39 is 0 Å². The van der Waals surface area contributed by atoms with E-state index in [1.165, 1.54) is 5.52 Å². The number of anilines is 1. The molecule has 1 amide bonds. The van der Waals surface area contributed by atoms with E-state index >= 15 is 0 Å². The van der Waals surface area contributed by atoms with Crippen molar-refractivity contribution >= 4 is 39.4 Å². The SMILES string of the molecule is CCn1c2ccccc2c2cc(NC(=O)COC(=O)C3CC3C)ccc21. The number of esters is 1. The quantitative estimate of drug-likeness (QED) is 0.709. The van der Waals surface area contributed by atoms with Crippen molar-refractivity contribution in [3.63, 3.8) is 0 Å². The van der Waals surface area contributed by atoms with Crippen molar-refractivity contribution in [1.29, 1.82) is 0 Å². The standard InChI is InChI=1S/C21H22N2O3/c1-3-23-18-7-5-4-6-15(18)17-11-14(8-9-19(17)23)22-20(24)12-26-21(25)16-10-13(16)2/h4-9,11,13,16H,3,10,12H2,1-2H3,(H,22,24). The Bertz CT molecular complexity index is 1010. The molecule has 0 saturated heterocycles. The number of hydrogen-bond acceptors (Lipinski definition) is 3. The fourth-order valence-electron chi connectivity index (χ4n) is 3.56. The molecular weight excluding hydrogens is 328 g/mol. The number of carbonyl (C=O) groups is 2. The van der Waals surface area contributed by atoms with Gasteiger partial charge in [-0.3, -0.25) is 9.59 Å². The molecule has 5 heteroatoms. The fourth-order valence-corrected chi connectivity index (χ4v) is 3.56. The molecule has 3 aromatic rings. The molecule has 26 heavy (non-hydrogen) atoms. The van der Waals surface area contributed by atoms with Gasteiger partial charge in [0.05, 0.1) is 5.92 Å². The lowest BCUT2D eigenvalue weighted by molar-refractivity contribution is -0.148. The molecule has 1 aromatic heterocycles. The summed E-state index contributed by atoms with van der Waals surface area (Å²) in [4.78, 5) is 23.8. The molecule has 0 spiro atoms. The maximum Gasteiger partial charge on any atom is 0.309 e. The molecule has 1 fully saturated rings. The lowest BCUT2D eigenvalue weighted by atomic mass is 10.1. The van der Waals surface area contributed by atoms with E-state index in [0.29, 0.717) is 11.6 Å². The van der Waals surface area contributed by atoms with Crippen LogP contribution in [0.5, 0.6) is 0 Å². The van der Waals surface area contributed by atoms with Gasteiger partial charge in [-0.15, -0.1) is 0 Å². The van der Waals surface area contributed by atoms with Crippen LogP contribution in [0.25, 0.3) is 21.8 Å². The summed E-state index contributed by atoms with van der Waals surface area (Å²) in [5.41, 5.74) is 3.03. The Morgan fingerprint density at radius 3 is 2.62 bits per heavy atom. The summed E-state index contributed by atoms with van der Waals surface area (Å²) < 4.78 is 7.35. The molecule has 4 rings (SSSR count). The number of nitrogens with one attached hydrogen (secondary N) is 1. The Kier molecular flexibility index (Phi) is 4.15. The number of nitrogens with zero attached hydrogens (tertiary/aromatic N) is 1. The van der Waals surface area contributed by atoms with Crippen LogP contribution in [0.3, 0.4) is 0 Å². The van der Waals surface area contributed by atoms with Crippen molar-refractivity contribution in [1.82, 2.24) is 4.57 Å². The van der Waals surface area contributed by atoms with Crippen molar-refractivity contribution < 1.29 is 14.3 Å². The summed E-state index contributed by atoms with van der Waals surface area (Å²) in [6, 6.07) is 14.1. The molecule has 2 atom stereocenters. The third kappa shape index (κ3) is 2.94. The van der Waals surface area contributed by atoms with Gasteiger partial charge in [-0.25, -0.2) is 0 Å². The van der Waals surface area contributed by atoms with Crippen LogP contribution in [0.15, 0.2) is 42.5 Å². The number of hydrogen-bond donors (Lipinski definition) is 1. The zero-order chi connectivity index (χ0) is 18.3. The van der Waals surface area contributed by atoms with Gasteiger partial charge in [0.15, 0.2) is 6.61 Å². The van der Waals surface area contributed by atoms with Crippen LogP contribution < -0.4 is 5.32 Å². The first-order chi connectivity index (χ1) is 12.6. The minimum Gasteiger partial charge on any atom is -0.455 e. The highest BCUT2D eigenvalue weighted by Crippen LogP contribution is 2.38. The monoisotopic (exact) mass is 350 g/mol. The van der Waals surface area contributed by atoms with E-state index in [-0.39, 0.29) is 24.4 Å². The Hall–Kier alpha value is -2.82. The van der Waals surface area contributed by atoms with Crippen LogP contribution in [0.4, 0.5) is 5.69 Å². The highest BCUT2D eigenvalue weighted by atomic mass is 16.5. The molecule has 5 nitrogen and oxygen atoms in total. The maximum atomic E-state index is 12.1. The van der Waals surface area contributed by atoms with Gasteiger partial charge in [0.1, 0.15) is 0 Å². The summed E-state index contributed by atoms with van der Waals surface area (Å²) in [7, 11) is 0. The average Bonchev–Trinajstić information content (AvgIpc) is 3.30. The highest BCUT2D eigenvalue weighted by molar-refractivity contribution is 6.09. The van der Waals surface area contributed by atoms with Crippen LogP contribution in [-0.2, 0) is 20.9 Å². The van der Waals surface area contributed by atoms with Gasteiger partial charge >= 0.3 is 5.97 Å². The number of para-hydroxylation sites is 1. The summed E-state index contributed by atoms with van der Waals surface area (Å²) >= 11 is 0. The van der Waals surface area contributed by atoms with E-state index in [0.717, 1.165) is 29.3 Å². The smallest absolute Gasteiger partial charge is 0.309 e. The number of benzene rings is 2. The van der Waals surface area contributed by atoms with E-state index in [1.807, 2.05) is 37.3 Å². The Labute approximate surface area is 151 Å². The summed E-state index contributed by atoms with van der Waals surface area (Å²) in [5, 5.41) is 5.09. The Balaban J connectivity index is 1.53. The molecule has 2 unspecified atom stereocenters. The van der Waals surface area contributed by atoms with Gasteiger partial charge in [-0.2, -0.15) is 0 Å². The number of ether oxygens (including phenoxy) is 1. The summed E-state index contributed by atoms with van der Waals surface area (Å²) in [6.07, 6.45) is 0.860. The van der Waals surface area contributed by atoms with Gasteiger partial charge in [-0.1, -0.05) is 25.1 Å². The fraction of sp³-hybridized carbons (Fsp3) is 0.333. The molecule has 1 heterocycles. The first kappa shape index (κ1) is 16.6. The van der Waals surface area contributed by atoms with E-state index in [4.69, 9.17) is 4.74 Å². The number of aromatic nitrogens is 1. The molecule has 0 aliphatic heterocycles. The number of carbonyl (C=O) groups excluding carboxylic acids is 2. The van der Waals surface area contributed by atoms with Crippen LogP contribution in [0.2, 0.25) is 0 Å². The lowest BCUT2D eigenvalue weighted by Crippen LogP contribution is -2.21. The normalized spacial score (nSPS) is 18.8. The molecular formula is C21H22N2O3. The lowest BCUT2D eigenvalue weighted by Gasteiger charge is -2.07. The maximum absolute atomic E-state index is 12.1. The van der Waals surface area contributed by atoms with Crippen LogP contribution in [-0.4, -0.2) is 23.1 Å². The minimum atomic E-state index is -0.315. The second-order valence-electron chi connectivity index (χ2n) is 6.97. The predicted octanol–water partition coefficient (Wildman–Crippen LogP) is 3.95. The first-order valence-corrected chi connectivity index (χ1v) is 9.06. The van der Waals surface area contributed by atoms with Crippen LogP contribution in [0, 0.1) is 11.8 Å². The predicted molar refractivity (Wildman–Crippen MR) is 102 cm³/mol. The minimum absolute atomic E-state index is 0.0284. The molecule has 1 N–H and O–H groups in total. The van der Waals surface area contributed by atoms with E-state index in [9.17, 15) is 9.59 Å². The third-order valence-electron chi connectivity index (χ3n) is 5.13. The number of rotatable bonds is 5. The van der Waals surface area contributed by atoms with Gasteiger partial charge in [-0.05, 0) is 43.5 Å². The zero-order valence-electron chi connectivity index (χ0n) is 15.0. The molecule has 0 radical (unpaired) electrons. The zero-order valence-corrected chi connectivity index (χ0v) is 15.0. The van der Waals surface area contributed by atoms with Crippen molar-refractivity contribution in [3.05, 3.63) is 42.5 Å². The largest absolute Gasteiger partial charge is 0.455 e. The Morgan fingerprint density at radius 1 is 1.15 bits per heavy atom. The molecule has 134 valence electrons. The molecule has 1 aliphatic carbocycles. The Morgan fingerprint density at radius 2 is 1.88 bits per heavy atom. The molecule has 1 aliphatic rings. The van der Waals surface area contributed by atoms with Crippen molar-refractivity contribution in [2.24, 2.45) is 11.8 Å². The van der Waals surface area contributed by atoms with Crippen LogP contribution in [0.1, 0.15) is 20.3 Å². The second kappa shape index (κ2) is 6.48. The van der Waals surface area contributed by atoms with Crippen molar-refractivity contribution in [2.45, 2.75) is 26.8 Å². The van der Waals surface area contributed by atoms with Gasteiger partial charge in [0.25, 0.3) is 5.91 Å². The first-order valence-electron chi connectivity index (χ1n) is 9.06. The van der Waals surface area contributed by atoms with Crippen molar-refractivity contribution in [3.8, 4) is 0 Å². The molecule has 2 aromatic carbocycles. The number of fused-ring (bicyclic) bond motifs is 3. The summed E-state index contributed by atoms with van der Waals surface area (Å²) in [6.45, 7) is 4.77. The van der Waals surface area contributed by atoms with Gasteiger partial charge in [0, 0.05) is 34.0 Å². The van der Waals surface area contributed by atoms with E-state index in [1.54, 1.807) is 0 Å². The van der Waals surface area contributed by atoms with Gasteiger partial charge < -0.3 is 14.6 Å². The summed E-state index contributed by atoms with van der Waals surface area (Å²) in [5.74, 6) is -0.234. The van der Waals surface area contributed by atoms with Crippen LogP contribution >= 0.6 is 0 Å². The third-order valence-corrected chi connectivity index (χ3v) is 5.13. The topological polar surface area (TPSA) is 60.3 Å². The van der Waals surface area contributed by atoms with Crippen molar-refractivity contribution in [2.75, 3.05) is 11.9 Å². The average molecular weight is 350 g/mol. The highest BCUT2D eigenvalue weighted by Gasteiger charge is 2.40. The molecule has 1 saturated carbocycles.